The zero-order valence-corrected chi connectivity index (χ0v) is 17.6. The molecule has 4 N–H and O–H groups in total. The van der Waals surface area contributed by atoms with Crippen molar-refractivity contribution >= 4 is 17.6 Å². The van der Waals surface area contributed by atoms with Crippen molar-refractivity contribution in [1.82, 2.24) is 5.32 Å². The predicted molar refractivity (Wildman–Crippen MR) is 109 cm³/mol. The normalized spacial score (nSPS) is 26.7. The number of hydrogen-bond donors (Lipinski definition) is 3. The Labute approximate surface area is 178 Å². The molecule has 3 rings (SSSR count). The third-order valence-electron chi connectivity index (χ3n) is 5.60. The third-order valence-corrected chi connectivity index (χ3v) is 5.84. The van der Waals surface area contributed by atoms with Crippen LogP contribution in [0.25, 0.3) is 0 Å². The zero-order chi connectivity index (χ0) is 22.4. The molecule has 0 saturated carbocycles. The summed E-state index contributed by atoms with van der Waals surface area (Å²) in [5, 5.41) is 13.0. The van der Waals surface area contributed by atoms with E-state index in [0.29, 0.717) is 6.42 Å². The topological polar surface area (TPSA) is 75.3 Å². The number of nitrogens with two attached hydrogens (primary N) is 1. The fourth-order valence-electron chi connectivity index (χ4n) is 4.39. The van der Waals surface area contributed by atoms with Gasteiger partial charge in [-0.3, -0.25) is 10.1 Å². The van der Waals surface area contributed by atoms with Gasteiger partial charge in [0.25, 0.3) is 0 Å². The van der Waals surface area contributed by atoms with E-state index in [-0.39, 0.29) is 21.6 Å². The molecule has 1 saturated heterocycles. The number of hydrogen-bond acceptors (Lipinski definition) is 3. The van der Waals surface area contributed by atoms with Crippen LogP contribution in [0.1, 0.15) is 44.2 Å². The number of carboxylic acid groups (broad SMARTS) is 1. The van der Waals surface area contributed by atoms with Gasteiger partial charge in [-0.15, -0.1) is 0 Å². The first-order chi connectivity index (χ1) is 13.9. The van der Waals surface area contributed by atoms with E-state index in [1.807, 2.05) is 20.8 Å². The molecule has 0 aliphatic carbocycles. The molecule has 4 atom stereocenters. The lowest BCUT2D eigenvalue weighted by atomic mass is 9.68. The highest BCUT2D eigenvalue weighted by molar-refractivity contribution is 6.30. The van der Waals surface area contributed by atoms with E-state index in [0.717, 1.165) is 12.1 Å². The lowest BCUT2D eigenvalue weighted by molar-refractivity contribution is -0.139. The molecule has 0 amide bonds. The van der Waals surface area contributed by atoms with Crippen LogP contribution in [-0.4, -0.2) is 23.2 Å². The monoisotopic (exact) mass is 440 g/mol. The van der Waals surface area contributed by atoms with Gasteiger partial charge in [0.15, 0.2) is 11.6 Å². The highest BCUT2D eigenvalue weighted by atomic mass is 35.5. The van der Waals surface area contributed by atoms with Gasteiger partial charge < -0.3 is 10.8 Å². The smallest absolute Gasteiger partial charge is 0.321 e. The van der Waals surface area contributed by atoms with Crippen LogP contribution in [0.5, 0.6) is 0 Å². The van der Waals surface area contributed by atoms with Gasteiger partial charge in [0.2, 0.25) is 0 Å². The summed E-state index contributed by atoms with van der Waals surface area (Å²) in [5.41, 5.74) is 4.58. The molecule has 0 unspecified atom stereocenters. The average molecular weight is 441 g/mol. The number of nitrogens with one attached hydrogen (secondary N) is 1. The SMILES string of the molecule is CC(C)(C)C[C@@H]1N[C@@H](C(=O)O)[C@H](c2cccc(F)c2F)[C@@]1(N)c1ccc(Cl)cc1F. The maximum absolute atomic E-state index is 15.0. The van der Waals surface area contributed by atoms with Crippen molar-refractivity contribution in [3.8, 4) is 0 Å². The highest BCUT2D eigenvalue weighted by Crippen LogP contribution is 2.49. The summed E-state index contributed by atoms with van der Waals surface area (Å²) in [7, 11) is 0. The summed E-state index contributed by atoms with van der Waals surface area (Å²) < 4.78 is 43.9. The lowest BCUT2D eigenvalue weighted by Crippen LogP contribution is -2.52. The van der Waals surface area contributed by atoms with Crippen LogP contribution in [0.15, 0.2) is 36.4 Å². The summed E-state index contributed by atoms with van der Waals surface area (Å²) in [6.45, 7) is 5.79. The van der Waals surface area contributed by atoms with Gasteiger partial charge in [-0.1, -0.05) is 50.6 Å². The Bertz CT molecular complexity index is 979. The van der Waals surface area contributed by atoms with Crippen molar-refractivity contribution in [3.05, 3.63) is 70.0 Å². The fraction of sp³-hybridized carbons (Fsp3) is 0.409. The molecule has 4 nitrogen and oxygen atoms in total. The molecule has 0 spiro atoms. The van der Waals surface area contributed by atoms with E-state index in [1.165, 1.54) is 24.3 Å². The van der Waals surface area contributed by atoms with Gasteiger partial charge in [0.05, 0.1) is 5.54 Å². The first-order valence-electron chi connectivity index (χ1n) is 9.53. The molecule has 1 aliphatic heterocycles. The van der Waals surface area contributed by atoms with Crippen molar-refractivity contribution in [2.24, 2.45) is 11.1 Å². The quantitative estimate of drug-likeness (QED) is 0.651. The molecule has 1 heterocycles. The summed E-state index contributed by atoms with van der Waals surface area (Å²) >= 11 is 5.89. The molecule has 0 radical (unpaired) electrons. The molecule has 8 heteroatoms. The van der Waals surface area contributed by atoms with Gasteiger partial charge in [-0.05, 0) is 35.6 Å². The Morgan fingerprint density at radius 3 is 2.43 bits per heavy atom. The van der Waals surface area contributed by atoms with Crippen LogP contribution in [0.3, 0.4) is 0 Å². The molecule has 0 bridgehead atoms. The second kappa shape index (κ2) is 7.87. The Hall–Kier alpha value is -2.09. The lowest BCUT2D eigenvalue weighted by Gasteiger charge is -2.39. The molecular weight excluding hydrogens is 417 g/mol. The van der Waals surface area contributed by atoms with E-state index >= 15 is 4.39 Å². The van der Waals surface area contributed by atoms with Crippen LogP contribution in [0.2, 0.25) is 5.02 Å². The second-order valence-corrected chi connectivity index (χ2v) is 9.41. The van der Waals surface area contributed by atoms with E-state index in [1.54, 1.807) is 0 Å². The molecule has 1 aliphatic rings. The minimum atomic E-state index is -1.68. The number of carbonyl (C=O) groups is 1. The number of benzene rings is 2. The number of rotatable bonds is 4. The van der Waals surface area contributed by atoms with E-state index < -0.39 is 47.0 Å². The summed E-state index contributed by atoms with van der Waals surface area (Å²) in [4.78, 5) is 12.1. The highest BCUT2D eigenvalue weighted by Gasteiger charge is 2.58. The van der Waals surface area contributed by atoms with Crippen LogP contribution < -0.4 is 11.1 Å². The summed E-state index contributed by atoms with van der Waals surface area (Å²) in [5.74, 6) is -5.62. The van der Waals surface area contributed by atoms with Gasteiger partial charge in [0, 0.05) is 22.5 Å². The Morgan fingerprint density at radius 2 is 1.87 bits per heavy atom. The van der Waals surface area contributed by atoms with Gasteiger partial charge in [-0.2, -0.15) is 0 Å². The van der Waals surface area contributed by atoms with Crippen LogP contribution >= 0.6 is 11.6 Å². The number of aliphatic carboxylic acids is 1. The Balaban J connectivity index is 2.30. The van der Waals surface area contributed by atoms with Crippen molar-refractivity contribution < 1.29 is 23.1 Å². The largest absolute Gasteiger partial charge is 0.480 e. The van der Waals surface area contributed by atoms with Gasteiger partial charge in [0.1, 0.15) is 11.9 Å². The standard InChI is InChI=1S/C22H24ClF3N2O2/c1-21(2,3)10-16-22(27,13-8-7-11(23)9-15(13)25)17(19(28-16)20(29)30)12-5-4-6-14(24)18(12)26/h4-9,16-17,19,28H,10,27H2,1-3H3,(H,29,30)/t16-,17-,19+,22+/m0/s1. The fourth-order valence-corrected chi connectivity index (χ4v) is 4.55. The summed E-state index contributed by atoms with van der Waals surface area (Å²) in [6, 6.07) is 5.31. The number of carboxylic acids is 1. The van der Waals surface area contributed by atoms with Crippen molar-refractivity contribution in [2.75, 3.05) is 0 Å². The maximum atomic E-state index is 15.0. The van der Waals surface area contributed by atoms with Crippen LogP contribution in [-0.2, 0) is 10.3 Å². The van der Waals surface area contributed by atoms with Gasteiger partial charge in [-0.25, -0.2) is 13.2 Å². The van der Waals surface area contributed by atoms with E-state index in [9.17, 15) is 18.7 Å². The molecule has 1 fully saturated rings. The molecule has 2 aromatic rings. The predicted octanol–water partition coefficient (Wildman–Crippen LogP) is 4.56. The summed E-state index contributed by atoms with van der Waals surface area (Å²) in [6.07, 6.45) is 0.364. The molecule has 162 valence electrons. The van der Waals surface area contributed by atoms with Crippen molar-refractivity contribution in [3.63, 3.8) is 0 Å². The van der Waals surface area contributed by atoms with E-state index in [4.69, 9.17) is 17.3 Å². The van der Waals surface area contributed by atoms with Crippen LogP contribution in [0, 0.1) is 22.9 Å². The molecular formula is C22H24ClF3N2O2. The Kier molecular flexibility index (Phi) is 5.93. The molecule has 2 aromatic carbocycles. The minimum Gasteiger partial charge on any atom is -0.480 e. The minimum absolute atomic E-state index is 0.00828. The maximum Gasteiger partial charge on any atom is 0.321 e. The average Bonchev–Trinajstić information content (AvgIpc) is 2.89. The zero-order valence-electron chi connectivity index (χ0n) is 16.8. The molecule has 30 heavy (non-hydrogen) atoms. The Morgan fingerprint density at radius 1 is 1.20 bits per heavy atom. The van der Waals surface area contributed by atoms with E-state index in [2.05, 4.69) is 5.32 Å². The molecule has 0 aromatic heterocycles. The van der Waals surface area contributed by atoms with Gasteiger partial charge >= 0.3 is 5.97 Å². The first kappa shape index (κ1) is 22.6. The van der Waals surface area contributed by atoms with Crippen LogP contribution in [0.4, 0.5) is 13.2 Å². The second-order valence-electron chi connectivity index (χ2n) is 8.98. The van der Waals surface area contributed by atoms with Crippen molar-refractivity contribution in [1.29, 1.82) is 0 Å². The first-order valence-corrected chi connectivity index (χ1v) is 9.91. The van der Waals surface area contributed by atoms with Crippen molar-refractivity contribution in [2.45, 2.75) is 50.7 Å². The number of halogens is 4. The third kappa shape index (κ3) is 3.94.